The number of benzene rings is 1. The number of carbonyl (C=O) groups is 1. The molecule has 0 heterocycles. The largest absolute Gasteiger partial charge is 0.367 e. The highest BCUT2D eigenvalue weighted by molar-refractivity contribution is 5.81. The minimum atomic E-state index is 0.190. The summed E-state index contributed by atoms with van der Waals surface area (Å²) < 4.78 is 0. The molecule has 0 atom stereocenters. The Bertz CT molecular complexity index is 382. The van der Waals surface area contributed by atoms with Crippen LogP contribution in [-0.4, -0.2) is 19.4 Å². The fourth-order valence-electron chi connectivity index (χ4n) is 1.78. The summed E-state index contributed by atoms with van der Waals surface area (Å²) in [6.07, 6.45) is 0. The zero-order valence-corrected chi connectivity index (χ0v) is 10.2. The SMILES string of the molecule is CC(=O)CN(C)c1cc(C)c(C)cc1C. The topological polar surface area (TPSA) is 20.3 Å². The van der Waals surface area contributed by atoms with E-state index in [0.717, 1.165) is 5.69 Å². The fraction of sp³-hybridized carbons (Fsp3) is 0.462. The monoisotopic (exact) mass is 205 g/mol. The Labute approximate surface area is 91.9 Å². The van der Waals surface area contributed by atoms with Gasteiger partial charge < -0.3 is 4.90 Å². The molecule has 2 nitrogen and oxygen atoms in total. The Morgan fingerprint density at radius 2 is 1.67 bits per heavy atom. The van der Waals surface area contributed by atoms with Crippen LogP contribution in [0.3, 0.4) is 0 Å². The average Bonchev–Trinajstić information content (AvgIpc) is 2.09. The number of aryl methyl sites for hydroxylation is 3. The molecule has 15 heavy (non-hydrogen) atoms. The van der Waals surface area contributed by atoms with Crippen molar-refractivity contribution in [3.63, 3.8) is 0 Å². The lowest BCUT2D eigenvalue weighted by atomic mass is 10.0. The summed E-state index contributed by atoms with van der Waals surface area (Å²) in [4.78, 5) is 13.1. The van der Waals surface area contributed by atoms with Crippen molar-refractivity contribution < 1.29 is 4.79 Å². The van der Waals surface area contributed by atoms with Crippen LogP contribution < -0.4 is 4.90 Å². The third kappa shape index (κ3) is 2.82. The minimum Gasteiger partial charge on any atom is -0.367 e. The molecule has 0 aliphatic rings. The summed E-state index contributed by atoms with van der Waals surface area (Å²) in [5, 5.41) is 0. The standard InChI is InChI=1S/C13H19NO/c1-9-6-11(3)13(7-10(9)2)14(5)8-12(4)15/h6-7H,8H2,1-5H3. The lowest BCUT2D eigenvalue weighted by Crippen LogP contribution is -2.24. The maximum absolute atomic E-state index is 11.0. The van der Waals surface area contributed by atoms with Gasteiger partial charge in [-0.2, -0.15) is 0 Å². The van der Waals surface area contributed by atoms with Crippen LogP contribution in [0.15, 0.2) is 12.1 Å². The van der Waals surface area contributed by atoms with Crippen LogP contribution in [-0.2, 0) is 4.79 Å². The molecular weight excluding hydrogens is 186 g/mol. The first-order valence-corrected chi connectivity index (χ1v) is 5.20. The van der Waals surface area contributed by atoms with E-state index in [1.165, 1.54) is 16.7 Å². The number of ketones is 1. The van der Waals surface area contributed by atoms with Crippen molar-refractivity contribution in [3.8, 4) is 0 Å². The van der Waals surface area contributed by atoms with E-state index in [2.05, 4.69) is 32.9 Å². The van der Waals surface area contributed by atoms with Gasteiger partial charge in [-0.15, -0.1) is 0 Å². The van der Waals surface area contributed by atoms with Crippen LogP contribution in [0.4, 0.5) is 5.69 Å². The second kappa shape index (κ2) is 4.47. The highest BCUT2D eigenvalue weighted by atomic mass is 16.1. The van der Waals surface area contributed by atoms with Gasteiger partial charge in [0.2, 0.25) is 0 Å². The molecule has 0 N–H and O–H groups in total. The van der Waals surface area contributed by atoms with Gasteiger partial charge in [0.25, 0.3) is 0 Å². The highest BCUT2D eigenvalue weighted by Gasteiger charge is 2.08. The number of rotatable bonds is 3. The summed E-state index contributed by atoms with van der Waals surface area (Å²) >= 11 is 0. The molecule has 1 aromatic rings. The predicted octanol–water partition coefficient (Wildman–Crippen LogP) is 2.64. The van der Waals surface area contributed by atoms with Crippen LogP contribution >= 0.6 is 0 Å². The molecule has 1 rings (SSSR count). The van der Waals surface area contributed by atoms with Gasteiger partial charge in [-0.1, -0.05) is 6.07 Å². The molecule has 0 aromatic heterocycles. The highest BCUT2D eigenvalue weighted by Crippen LogP contribution is 2.22. The number of Topliss-reactive ketones (excluding diaryl/α,β-unsaturated/α-hetero) is 1. The van der Waals surface area contributed by atoms with Crippen molar-refractivity contribution in [2.75, 3.05) is 18.5 Å². The molecule has 1 aromatic carbocycles. The molecule has 0 spiro atoms. The molecule has 0 fully saturated rings. The molecule has 0 unspecified atom stereocenters. The van der Waals surface area contributed by atoms with Crippen LogP contribution in [0, 0.1) is 20.8 Å². The van der Waals surface area contributed by atoms with E-state index >= 15 is 0 Å². The second-order valence-corrected chi connectivity index (χ2v) is 4.28. The smallest absolute Gasteiger partial charge is 0.149 e. The molecule has 0 saturated carbocycles. The van der Waals surface area contributed by atoms with E-state index in [0.29, 0.717) is 6.54 Å². The van der Waals surface area contributed by atoms with Gasteiger partial charge in [-0.05, 0) is 50.5 Å². The Morgan fingerprint density at radius 1 is 1.13 bits per heavy atom. The van der Waals surface area contributed by atoms with E-state index in [1.54, 1.807) is 6.92 Å². The first-order chi connectivity index (χ1) is 6.91. The summed E-state index contributed by atoms with van der Waals surface area (Å²) in [5.74, 6) is 0.190. The molecule has 0 aliphatic carbocycles. The van der Waals surface area contributed by atoms with Crippen molar-refractivity contribution in [2.45, 2.75) is 27.7 Å². The maximum atomic E-state index is 11.0. The number of hydrogen-bond acceptors (Lipinski definition) is 2. The summed E-state index contributed by atoms with van der Waals surface area (Å²) in [7, 11) is 1.96. The van der Waals surface area contributed by atoms with Crippen molar-refractivity contribution in [1.29, 1.82) is 0 Å². The van der Waals surface area contributed by atoms with Gasteiger partial charge in [0.1, 0.15) is 5.78 Å². The van der Waals surface area contributed by atoms with E-state index in [9.17, 15) is 4.79 Å². The quantitative estimate of drug-likeness (QED) is 0.756. The number of hydrogen-bond donors (Lipinski definition) is 0. The summed E-state index contributed by atoms with van der Waals surface area (Å²) in [6, 6.07) is 4.31. The molecule has 0 saturated heterocycles. The minimum absolute atomic E-state index is 0.190. The Balaban J connectivity index is 3.03. The number of likely N-dealkylation sites (N-methyl/N-ethyl adjacent to an activating group) is 1. The van der Waals surface area contributed by atoms with E-state index in [-0.39, 0.29) is 5.78 Å². The third-order valence-electron chi connectivity index (χ3n) is 2.68. The molecule has 2 heteroatoms. The third-order valence-corrected chi connectivity index (χ3v) is 2.68. The van der Waals surface area contributed by atoms with Crippen LogP contribution in [0.2, 0.25) is 0 Å². The fourth-order valence-corrected chi connectivity index (χ4v) is 1.78. The number of anilines is 1. The van der Waals surface area contributed by atoms with Gasteiger partial charge in [0, 0.05) is 12.7 Å². The van der Waals surface area contributed by atoms with Gasteiger partial charge in [0.05, 0.1) is 6.54 Å². The van der Waals surface area contributed by atoms with Crippen LogP contribution in [0.1, 0.15) is 23.6 Å². The normalized spacial score (nSPS) is 10.2. The molecule has 0 radical (unpaired) electrons. The maximum Gasteiger partial charge on any atom is 0.149 e. The second-order valence-electron chi connectivity index (χ2n) is 4.28. The Morgan fingerprint density at radius 3 is 2.20 bits per heavy atom. The van der Waals surface area contributed by atoms with Gasteiger partial charge in [-0.3, -0.25) is 4.79 Å². The molecule has 0 bridgehead atoms. The number of nitrogens with zero attached hydrogens (tertiary/aromatic N) is 1. The van der Waals surface area contributed by atoms with Gasteiger partial charge >= 0.3 is 0 Å². The Hall–Kier alpha value is -1.31. The zero-order chi connectivity index (χ0) is 11.6. The van der Waals surface area contributed by atoms with Gasteiger partial charge in [0.15, 0.2) is 0 Å². The summed E-state index contributed by atoms with van der Waals surface area (Å²) in [5.41, 5.74) is 4.94. The van der Waals surface area contributed by atoms with Gasteiger partial charge in [-0.25, -0.2) is 0 Å². The van der Waals surface area contributed by atoms with Crippen molar-refractivity contribution in [1.82, 2.24) is 0 Å². The van der Waals surface area contributed by atoms with Crippen LogP contribution in [0.5, 0.6) is 0 Å². The van der Waals surface area contributed by atoms with E-state index in [4.69, 9.17) is 0 Å². The Kier molecular flexibility index (Phi) is 3.51. The summed E-state index contributed by atoms with van der Waals surface area (Å²) in [6.45, 7) is 8.38. The van der Waals surface area contributed by atoms with Crippen molar-refractivity contribution >= 4 is 11.5 Å². The molecular formula is C13H19NO. The average molecular weight is 205 g/mol. The number of carbonyl (C=O) groups excluding carboxylic acids is 1. The van der Waals surface area contributed by atoms with Crippen molar-refractivity contribution in [3.05, 3.63) is 28.8 Å². The lowest BCUT2D eigenvalue weighted by molar-refractivity contribution is -0.115. The molecule has 0 aliphatic heterocycles. The predicted molar refractivity (Wildman–Crippen MR) is 64.6 cm³/mol. The molecule has 0 amide bonds. The van der Waals surface area contributed by atoms with Crippen molar-refractivity contribution in [2.24, 2.45) is 0 Å². The van der Waals surface area contributed by atoms with E-state index < -0.39 is 0 Å². The molecule has 82 valence electrons. The lowest BCUT2D eigenvalue weighted by Gasteiger charge is -2.21. The zero-order valence-electron chi connectivity index (χ0n) is 10.2. The first kappa shape index (κ1) is 11.8. The first-order valence-electron chi connectivity index (χ1n) is 5.20. The van der Waals surface area contributed by atoms with Crippen LogP contribution in [0.25, 0.3) is 0 Å². The van der Waals surface area contributed by atoms with E-state index in [1.807, 2.05) is 11.9 Å².